The first-order valence-corrected chi connectivity index (χ1v) is 27.5. The number of fused-ring (bicyclic) bond motifs is 1. The zero-order chi connectivity index (χ0) is 51.6. The number of rotatable bonds is 16. The summed E-state index contributed by atoms with van der Waals surface area (Å²) in [5, 5.41) is 6.08. The third-order valence-electron chi connectivity index (χ3n) is 14.9. The van der Waals surface area contributed by atoms with Crippen molar-refractivity contribution in [2.24, 2.45) is 5.92 Å². The van der Waals surface area contributed by atoms with Gasteiger partial charge in [-0.05, 0) is 180 Å². The zero-order valence-electron chi connectivity index (χ0n) is 45.0. The highest BCUT2D eigenvalue weighted by Gasteiger charge is 2.29. The van der Waals surface area contributed by atoms with Crippen molar-refractivity contribution in [3.8, 4) is 0 Å². The Hall–Kier alpha value is -6.70. The van der Waals surface area contributed by atoms with Crippen molar-refractivity contribution in [3.05, 3.63) is 206 Å². The van der Waals surface area contributed by atoms with Crippen molar-refractivity contribution in [3.63, 3.8) is 0 Å². The normalized spacial score (nSPS) is 14.4. The smallest absolute Gasteiger partial charge is 0.261 e. The second-order valence-electron chi connectivity index (χ2n) is 20.4. The van der Waals surface area contributed by atoms with Gasteiger partial charge in [-0.2, -0.15) is 4.58 Å². The molecular weight excluding hydrogens is 901 g/mol. The summed E-state index contributed by atoms with van der Waals surface area (Å²) in [6, 6.07) is 41.1. The number of nitrogens with zero attached hydrogens (tertiary/aromatic N) is 2. The molecule has 7 aromatic carbocycles. The quantitative estimate of drug-likeness (QED) is 0.0947. The lowest BCUT2D eigenvalue weighted by molar-refractivity contribution is -0.435. The molecule has 0 amide bonds. The summed E-state index contributed by atoms with van der Waals surface area (Å²) in [4.78, 5) is 2.74. The Kier molecular flexibility index (Phi) is 15.5. The molecule has 7 aromatic rings. The van der Waals surface area contributed by atoms with E-state index in [2.05, 4.69) is 211 Å². The van der Waals surface area contributed by atoms with Gasteiger partial charge in [-0.15, -0.1) is 0 Å². The van der Waals surface area contributed by atoms with Crippen molar-refractivity contribution in [1.29, 1.82) is 0 Å². The molecule has 0 bridgehead atoms. The fourth-order valence-electron chi connectivity index (χ4n) is 11.4. The van der Waals surface area contributed by atoms with Gasteiger partial charge in [0.25, 0.3) is 10.0 Å². The Balaban J connectivity index is 1.21. The lowest BCUT2D eigenvalue weighted by Crippen LogP contribution is -2.21. The van der Waals surface area contributed by atoms with E-state index in [9.17, 15) is 8.42 Å². The summed E-state index contributed by atoms with van der Waals surface area (Å²) in [5.41, 5.74) is 21.5. The van der Waals surface area contributed by atoms with Crippen LogP contribution in [0.15, 0.2) is 144 Å². The van der Waals surface area contributed by atoms with Crippen LogP contribution in [0.3, 0.4) is 0 Å². The first kappa shape index (κ1) is 51.6. The molecule has 0 spiro atoms. The van der Waals surface area contributed by atoms with Gasteiger partial charge in [0.2, 0.25) is 11.4 Å². The first-order chi connectivity index (χ1) is 34.4. The Morgan fingerprint density at radius 3 is 1.78 bits per heavy atom. The van der Waals surface area contributed by atoms with Crippen LogP contribution in [0.2, 0.25) is 0 Å². The van der Waals surface area contributed by atoms with Crippen molar-refractivity contribution < 1.29 is 13.0 Å². The summed E-state index contributed by atoms with van der Waals surface area (Å²) in [5.74, 6) is 0.421. The molecule has 72 heavy (non-hydrogen) atoms. The minimum absolute atomic E-state index is 0.00412. The number of allylic oxidation sites excluding steroid dienone is 4. The minimum Gasteiger partial charge on any atom is -0.355 e. The lowest BCUT2D eigenvalue weighted by Gasteiger charge is -2.30. The summed E-state index contributed by atoms with van der Waals surface area (Å²) < 4.78 is 33.3. The van der Waals surface area contributed by atoms with Gasteiger partial charge in [0, 0.05) is 69.8 Å². The summed E-state index contributed by atoms with van der Waals surface area (Å²) in [7, 11) is -3.85. The van der Waals surface area contributed by atoms with Crippen molar-refractivity contribution in [1.82, 2.24) is 0 Å². The number of nitrogens with one attached hydrogen (secondary N) is 2. The molecule has 372 valence electrons. The van der Waals surface area contributed by atoms with Crippen LogP contribution in [0, 0.1) is 68.2 Å². The maximum absolute atomic E-state index is 13.9. The highest BCUT2D eigenvalue weighted by Crippen LogP contribution is 2.44. The van der Waals surface area contributed by atoms with E-state index in [-0.39, 0.29) is 16.7 Å². The molecule has 1 aliphatic rings. The van der Waals surface area contributed by atoms with Crippen molar-refractivity contribution >= 4 is 60.6 Å². The summed E-state index contributed by atoms with van der Waals surface area (Å²) >= 11 is 0. The number of hydrogen-bond donors (Lipinski definition) is 2. The van der Waals surface area contributed by atoms with E-state index in [0.29, 0.717) is 11.6 Å². The van der Waals surface area contributed by atoms with E-state index >= 15 is 0 Å². The van der Waals surface area contributed by atoms with Crippen LogP contribution < -0.4 is 14.9 Å². The molecule has 0 aliphatic heterocycles. The van der Waals surface area contributed by atoms with Gasteiger partial charge in [-0.25, -0.2) is 8.42 Å². The molecule has 0 saturated heterocycles. The fraction of sp³-hybridized carbons (Fsp3) is 0.308. The zero-order valence-corrected chi connectivity index (χ0v) is 45.8. The molecule has 7 heteroatoms. The van der Waals surface area contributed by atoms with Crippen LogP contribution in [0.5, 0.6) is 0 Å². The standard InChI is InChI=1S/C65H75N4O2S/c1-14-35-69(65-48(11)38-42(5)39-49(65)12)55-29-23-53(24-30-55)61(52-21-27-54(28-22-52)68(16-3)64-46(9)36-41(4)37-47(64)10)59-33-34-60(58-20-18-17-19-57(58)59)66-62-44(7)40-45(8)63(50(62)13)67-72(70,71)56-31-25-51(26-32-56)43(6)15-2/h17-34,36-40,43,52,61,66-67H,14-16,35H2,1-13H3/q+1. The lowest BCUT2D eigenvalue weighted by atomic mass is 9.77. The maximum Gasteiger partial charge on any atom is 0.261 e. The van der Waals surface area contributed by atoms with E-state index in [1.54, 1.807) is 12.1 Å². The van der Waals surface area contributed by atoms with Crippen molar-refractivity contribution in [2.45, 2.75) is 120 Å². The Morgan fingerprint density at radius 1 is 0.625 bits per heavy atom. The average molecular weight is 976 g/mol. The molecule has 6 nitrogen and oxygen atoms in total. The van der Waals surface area contributed by atoms with E-state index in [1.807, 2.05) is 26.0 Å². The number of anilines is 5. The molecular formula is C65H75N4O2S+. The number of sulfonamides is 1. The SMILES string of the molecule is CCCN(c1ccc(C(c2ccc(Nc3c(C)cc(C)c(NS(=O)(=O)c4ccc(C(C)CC)cc4)c3C)c3ccccc23)C2C=CC(=[N+](CC)c3c(C)cc(C)cc3C)C=C2)cc1)c1c(C)cc(C)cc1C. The Labute approximate surface area is 431 Å². The second-order valence-corrected chi connectivity index (χ2v) is 22.1. The van der Waals surface area contributed by atoms with E-state index < -0.39 is 10.0 Å². The molecule has 0 radical (unpaired) electrons. The average Bonchev–Trinajstić information content (AvgIpc) is 3.35. The predicted molar refractivity (Wildman–Crippen MR) is 308 cm³/mol. The molecule has 0 heterocycles. The fourth-order valence-corrected chi connectivity index (χ4v) is 12.6. The van der Waals surface area contributed by atoms with Gasteiger partial charge >= 0.3 is 0 Å². The van der Waals surface area contributed by atoms with Gasteiger partial charge in [-0.1, -0.05) is 117 Å². The van der Waals surface area contributed by atoms with Crippen LogP contribution in [0.25, 0.3) is 10.8 Å². The third-order valence-corrected chi connectivity index (χ3v) is 16.3. The minimum atomic E-state index is -3.85. The molecule has 8 rings (SSSR count). The van der Waals surface area contributed by atoms with Crippen LogP contribution in [-0.2, 0) is 10.0 Å². The number of aryl methyl sites for hydroxylation is 8. The largest absolute Gasteiger partial charge is 0.355 e. The van der Waals surface area contributed by atoms with Gasteiger partial charge in [0.15, 0.2) is 0 Å². The second kappa shape index (κ2) is 21.6. The molecule has 2 unspecified atom stereocenters. The number of hydrogen-bond acceptors (Lipinski definition) is 4. The summed E-state index contributed by atoms with van der Waals surface area (Å²) in [6.07, 6.45) is 11.5. The van der Waals surface area contributed by atoms with Gasteiger partial charge < -0.3 is 10.2 Å². The highest BCUT2D eigenvalue weighted by atomic mass is 32.2. The molecule has 0 aromatic heterocycles. The van der Waals surface area contributed by atoms with Gasteiger partial charge in [0.05, 0.1) is 10.6 Å². The van der Waals surface area contributed by atoms with Crippen LogP contribution in [0.4, 0.5) is 34.1 Å². The van der Waals surface area contributed by atoms with Crippen LogP contribution >= 0.6 is 0 Å². The third kappa shape index (κ3) is 10.5. The molecule has 0 saturated carbocycles. The molecule has 0 fully saturated rings. The molecule has 2 atom stereocenters. The maximum atomic E-state index is 13.9. The first-order valence-electron chi connectivity index (χ1n) is 26.0. The van der Waals surface area contributed by atoms with E-state index in [4.69, 9.17) is 0 Å². The van der Waals surface area contributed by atoms with Crippen LogP contribution in [0.1, 0.15) is 119 Å². The summed E-state index contributed by atoms with van der Waals surface area (Å²) in [6.45, 7) is 29.9. The van der Waals surface area contributed by atoms with Gasteiger partial charge in [0.1, 0.15) is 6.54 Å². The highest BCUT2D eigenvalue weighted by molar-refractivity contribution is 7.92. The van der Waals surface area contributed by atoms with E-state index in [1.165, 1.54) is 67.3 Å². The number of benzene rings is 7. The Bertz CT molecular complexity index is 3300. The monoisotopic (exact) mass is 976 g/mol. The molecule has 2 N–H and O–H groups in total. The topological polar surface area (TPSA) is 64.5 Å². The predicted octanol–water partition coefficient (Wildman–Crippen LogP) is 16.9. The van der Waals surface area contributed by atoms with E-state index in [0.717, 1.165) is 70.3 Å². The molecule has 1 aliphatic carbocycles. The van der Waals surface area contributed by atoms with Gasteiger partial charge in [-0.3, -0.25) is 4.72 Å². The van der Waals surface area contributed by atoms with Crippen molar-refractivity contribution in [2.75, 3.05) is 28.0 Å². The van der Waals surface area contributed by atoms with Crippen LogP contribution in [-0.4, -0.2) is 31.8 Å². The Morgan fingerprint density at radius 2 is 1.19 bits per heavy atom.